The molecule has 0 heterocycles. The Morgan fingerprint density at radius 1 is 0.765 bits per heavy atom. The van der Waals surface area contributed by atoms with E-state index in [1.54, 1.807) is 0 Å². The highest BCUT2D eigenvalue weighted by Gasteiger charge is 2.72. The molecule has 0 aromatic carbocycles. The summed E-state index contributed by atoms with van der Waals surface area (Å²) in [6.07, 6.45) is -17.3. The number of hydrogen-bond acceptors (Lipinski definition) is 1. The first-order valence-electron chi connectivity index (χ1n) is 3.34. The van der Waals surface area contributed by atoms with Gasteiger partial charge in [-0.1, -0.05) is 0 Å². The second kappa shape index (κ2) is 4.18. The van der Waals surface area contributed by atoms with Crippen LogP contribution in [0.5, 0.6) is 0 Å². The summed E-state index contributed by atoms with van der Waals surface area (Å²) in [5.41, 5.74) is -6.44. The molecule has 0 amide bonds. The number of allylic oxidation sites excluding steroid dienone is 1. The summed E-state index contributed by atoms with van der Waals surface area (Å²) in [4.78, 5) is 10.1. The molecule has 0 aliphatic rings. The fraction of sp³-hybridized carbons (Fsp3) is 0.500. The molecule has 0 bridgehead atoms. The van der Waals surface area contributed by atoms with Gasteiger partial charge in [0.25, 0.3) is 5.78 Å². The summed E-state index contributed by atoms with van der Waals surface area (Å²) in [5.74, 6) is -8.45. The number of Topliss-reactive ketones (excluding diaryl/α,β-unsaturated/α-hetero) is 1. The maximum Gasteiger partial charge on any atom is 0.454 e. The fourth-order valence-electron chi connectivity index (χ4n) is 0.678. The Hall–Kier alpha value is -1.29. The summed E-state index contributed by atoms with van der Waals surface area (Å²) in [5, 5.41) is 0. The molecule has 100 valence electrons. The summed E-state index contributed by atoms with van der Waals surface area (Å²) in [7, 11) is 0. The molecule has 1 nitrogen and oxygen atoms in total. The highest BCUT2D eigenvalue weighted by atomic mass is 19.4. The maximum atomic E-state index is 12.7. The van der Waals surface area contributed by atoms with Crippen LogP contribution in [0.25, 0.3) is 0 Å². The number of rotatable bonds is 2. The summed E-state index contributed by atoms with van der Waals surface area (Å²) >= 11 is 0. The number of hydrogen-bond donors (Lipinski definition) is 0. The molecular formula is C6F10O. The molecule has 0 aromatic rings. The van der Waals surface area contributed by atoms with Gasteiger partial charge >= 0.3 is 24.1 Å². The molecule has 0 aromatic heterocycles. The van der Waals surface area contributed by atoms with E-state index >= 15 is 0 Å². The monoisotopic (exact) mass is 278 g/mol. The highest BCUT2D eigenvalue weighted by molar-refractivity contribution is 5.95. The van der Waals surface area contributed by atoms with Gasteiger partial charge in [0.2, 0.25) is 5.83 Å². The van der Waals surface area contributed by atoms with Crippen molar-refractivity contribution < 1.29 is 48.7 Å². The largest absolute Gasteiger partial charge is 0.454 e. The van der Waals surface area contributed by atoms with E-state index in [4.69, 9.17) is 0 Å². The molecule has 0 N–H and O–H groups in total. The lowest BCUT2D eigenvalue weighted by molar-refractivity contribution is -0.241. The van der Waals surface area contributed by atoms with Crippen LogP contribution in [0, 0.1) is 0 Å². The van der Waals surface area contributed by atoms with Crippen molar-refractivity contribution in [1.82, 2.24) is 0 Å². The van der Waals surface area contributed by atoms with Crippen LogP contribution in [-0.2, 0) is 4.79 Å². The average molecular weight is 278 g/mol. The lowest BCUT2D eigenvalue weighted by atomic mass is 9.98. The first kappa shape index (κ1) is 15.7. The Labute approximate surface area is 85.7 Å². The molecular weight excluding hydrogens is 278 g/mol. The number of carbonyl (C=O) groups is 1. The van der Waals surface area contributed by atoms with Crippen molar-refractivity contribution in [3.05, 3.63) is 11.9 Å². The van der Waals surface area contributed by atoms with Gasteiger partial charge < -0.3 is 0 Å². The molecule has 0 fully saturated rings. The van der Waals surface area contributed by atoms with Crippen LogP contribution in [0.15, 0.2) is 11.9 Å². The SMILES string of the molecule is O=C(C(F)(F)F)C(F)(C(F)=C(F)F)C(F)(F)F. The van der Waals surface area contributed by atoms with Crippen molar-refractivity contribution in [1.29, 1.82) is 0 Å². The Balaban J connectivity index is 5.96. The van der Waals surface area contributed by atoms with Gasteiger partial charge in [-0.25, -0.2) is 8.78 Å². The maximum absolute atomic E-state index is 12.7. The highest BCUT2D eigenvalue weighted by Crippen LogP contribution is 2.46. The third kappa shape index (κ3) is 2.69. The topological polar surface area (TPSA) is 17.1 Å². The van der Waals surface area contributed by atoms with Gasteiger partial charge in [-0.2, -0.15) is 35.1 Å². The van der Waals surface area contributed by atoms with Gasteiger partial charge in [0.05, 0.1) is 0 Å². The first-order valence-corrected chi connectivity index (χ1v) is 3.34. The van der Waals surface area contributed by atoms with Crippen molar-refractivity contribution >= 4 is 5.78 Å². The number of alkyl halides is 7. The van der Waals surface area contributed by atoms with E-state index < -0.39 is 35.7 Å². The van der Waals surface area contributed by atoms with E-state index in [-0.39, 0.29) is 0 Å². The quantitative estimate of drug-likeness (QED) is 0.707. The molecule has 0 saturated carbocycles. The van der Waals surface area contributed by atoms with E-state index in [9.17, 15) is 48.7 Å². The number of carbonyl (C=O) groups excluding carboxylic acids is 1. The lowest BCUT2D eigenvalue weighted by Gasteiger charge is -2.24. The second-order valence-corrected chi connectivity index (χ2v) is 2.56. The van der Waals surface area contributed by atoms with Crippen molar-refractivity contribution in [3.8, 4) is 0 Å². The van der Waals surface area contributed by atoms with Gasteiger partial charge in [-0.15, -0.1) is 0 Å². The Bertz CT molecular complexity index is 345. The third-order valence-electron chi connectivity index (χ3n) is 1.43. The van der Waals surface area contributed by atoms with Crippen LogP contribution < -0.4 is 0 Å². The Kier molecular flexibility index (Phi) is 3.87. The van der Waals surface area contributed by atoms with Gasteiger partial charge in [-0.3, -0.25) is 4.79 Å². The Morgan fingerprint density at radius 2 is 1.12 bits per heavy atom. The van der Waals surface area contributed by atoms with Crippen LogP contribution in [0.3, 0.4) is 0 Å². The van der Waals surface area contributed by atoms with E-state index in [0.717, 1.165) is 0 Å². The molecule has 0 aliphatic carbocycles. The predicted molar refractivity (Wildman–Crippen MR) is 31.3 cm³/mol. The smallest absolute Gasteiger partial charge is 0.285 e. The number of ketones is 1. The third-order valence-corrected chi connectivity index (χ3v) is 1.43. The van der Waals surface area contributed by atoms with E-state index in [1.807, 2.05) is 0 Å². The standard InChI is InChI=1S/C6F10O/c7-1(2(8)9)4(10,6(14,15)16)3(17)5(11,12)13. The van der Waals surface area contributed by atoms with Gasteiger partial charge in [0, 0.05) is 0 Å². The van der Waals surface area contributed by atoms with E-state index in [0.29, 0.717) is 0 Å². The molecule has 1 unspecified atom stereocenters. The molecule has 1 atom stereocenters. The molecule has 11 heteroatoms. The summed E-state index contributed by atoms with van der Waals surface area (Å²) in [6.45, 7) is 0. The van der Waals surface area contributed by atoms with Crippen LogP contribution in [0.1, 0.15) is 0 Å². The fourth-order valence-corrected chi connectivity index (χ4v) is 0.678. The Morgan fingerprint density at radius 3 is 1.29 bits per heavy atom. The van der Waals surface area contributed by atoms with Gasteiger partial charge in [-0.05, 0) is 0 Å². The van der Waals surface area contributed by atoms with Crippen molar-refractivity contribution in [3.63, 3.8) is 0 Å². The summed E-state index contributed by atoms with van der Waals surface area (Å²) in [6, 6.07) is 0. The van der Waals surface area contributed by atoms with Gasteiger partial charge in [0.15, 0.2) is 0 Å². The first-order chi connectivity index (χ1) is 7.26. The molecule has 0 rings (SSSR count). The molecule has 0 radical (unpaired) electrons. The van der Waals surface area contributed by atoms with E-state index in [1.165, 1.54) is 0 Å². The zero-order valence-corrected chi connectivity index (χ0v) is 7.19. The van der Waals surface area contributed by atoms with Crippen LogP contribution >= 0.6 is 0 Å². The van der Waals surface area contributed by atoms with Crippen molar-refractivity contribution in [2.75, 3.05) is 0 Å². The predicted octanol–water partition coefficient (Wildman–Crippen LogP) is 3.47. The number of halogens is 10. The summed E-state index contributed by atoms with van der Waals surface area (Å²) < 4.78 is 118. The van der Waals surface area contributed by atoms with Crippen LogP contribution in [0.4, 0.5) is 43.9 Å². The zero-order chi connectivity index (χ0) is 14.2. The molecule has 0 aliphatic heterocycles. The second-order valence-electron chi connectivity index (χ2n) is 2.56. The van der Waals surface area contributed by atoms with Crippen molar-refractivity contribution in [2.45, 2.75) is 18.0 Å². The van der Waals surface area contributed by atoms with Crippen molar-refractivity contribution in [2.24, 2.45) is 0 Å². The van der Waals surface area contributed by atoms with Crippen LogP contribution in [-0.4, -0.2) is 23.8 Å². The lowest BCUT2D eigenvalue weighted by Crippen LogP contribution is -2.54. The van der Waals surface area contributed by atoms with E-state index in [2.05, 4.69) is 0 Å². The van der Waals surface area contributed by atoms with Crippen LogP contribution in [0.2, 0.25) is 0 Å². The molecule has 17 heavy (non-hydrogen) atoms. The minimum Gasteiger partial charge on any atom is -0.285 e. The zero-order valence-electron chi connectivity index (χ0n) is 7.19. The molecule has 0 saturated heterocycles. The minimum absolute atomic E-state index is 4.01. The molecule has 0 spiro atoms. The van der Waals surface area contributed by atoms with Gasteiger partial charge in [0.1, 0.15) is 0 Å². The average Bonchev–Trinajstić information content (AvgIpc) is 2.10. The minimum atomic E-state index is -6.81. The normalized spacial score (nSPS) is 16.4.